The Labute approximate surface area is 129 Å². The molecule has 22 heavy (non-hydrogen) atoms. The fraction of sp³-hybridized carbons (Fsp3) is 0.412. The van der Waals surface area contributed by atoms with Crippen LogP contribution in [0.4, 0.5) is 0 Å². The lowest BCUT2D eigenvalue weighted by Gasteiger charge is -2.27. The third kappa shape index (κ3) is 2.71. The maximum Gasteiger partial charge on any atom is 0.352 e. The van der Waals surface area contributed by atoms with E-state index in [-0.39, 0.29) is 18.1 Å². The molecule has 1 aliphatic heterocycles. The van der Waals surface area contributed by atoms with Crippen LogP contribution in [0, 0.1) is 6.92 Å². The first-order valence-electron chi connectivity index (χ1n) is 7.67. The molecule has 1 N–H and O–H groups in total. The van der Waals surface area contributed by atoms with E-state index in [0.29, 0.717) is 0 Å². The van der Waals surface area contributed by atoms with Gasteiger partial charge in [0.1, 0.15) is 12.2 Å². The van der Waals surface area contributed by atoms with Gasteiger partial charge in [0, 0.05) is 24.0 Å². The number of aryl methyl sites for hydroxylation is 1. The lowest BCUT2D eigenvalue weighted by atomic mass is 10.1. The molecule has 0 saturated carbocycles. The summed E-state index contributed by atoms with van der Waals surface area (Å²) in [6.07, 6.45) is 3.22. The highest BCUT2D eigenvalue weighted by atomic mass is 16.4. The molecule has 0 unspecified atom stereocenters. The van der Waals surface area contributed by atoms with Gasteiger partial charge in [-0.3, -0.25) is 4.79 Å². The quantitative estimate of drug-likeness (QED) is 0.948. The maximum absolute atomic E-state index is 12.5. The van der Waals surface area contributed by atoms with Crippen molar-refractivity contribution in [3.63, 3.8) is 0 Å². The first-order chi connectivity index (χ1) is 10.6. The summed E-state index contributed by atoms with van der Waals surface area (Å²) in [4.78, 5) is 25.8. The zero-order chi connectivity index (χ0) is 15.7. The van der Waals surface area contributed by atoms with Gasteiger partial charge in [-0.2, -0.15) is 0 Å². The van der Waals surface area contributed by atoms with E-state index in [9.17, 15) is 14.7 Å². The SMILES string of the molecule is Cc1ccc2cc(C(=O)O)n(CC(=O)N3CCCCC3)c2c1. The maximum atomic E-state index is 12.5. The lowest BCUT2D eigenvalue weighted by molar-refractivity contribution is -0.132. The average molecular weight is 300 g/mol. The minimum absolute atomic E-state index is 0.00112. The molecule has 1 saturated heterocycles. The number of carboxylic acid groups (broad SMARTS) is 1. The van der Waals surface area contributed by atoms with Crippen molar-refractivity contribution in [2.75, 3.05) is 13.1 Å². The second-order valence-electron chi connectivity index (χ2n) is 5.92. The summed E-state index contributed by atoms with van der Waals surface area (Å²) >= 11 is 0. The average Bonchev–Trinajstić information content (AvgIpc) is 2.86. The number of benzene rings is 1. The molecule has 1 fully saturated rings. The number of carboxylic acids is 1. The number of nitrogens with zero attached hydrogens (tertiary/aromatic N) is 2. The first-order valence-corrected chi connectivity index (χ1v) is 7.67. The molecule has 0 atom stereocenters. The van der Waals surface area contributed by atoms with Gasteiger partial charge in [0.05, 0.1) is 0 Å². The molecule has 5 nitrogen and oxygen atoms in total. The van der Waals surface area contributed by atoms with E-state index < -0.39 is 5.97 Å². The number of amides is 1. The van der Waals surface area contributed by atoms with E-state index in [1.54, 1.807) is 10.6 Å². The highest BCUT2D eigenvalue weighted by Crippen LogP contribution is 2.22. The van der Waals surface area contributed by atoms with Gasteiger partial charge in [-0.05, 0) is 43.9 Å². The Hall–Kier alpha value is -2.30. The van der Waals surface area contributed by atoms with Crippen LogP contribution in [0.25, 0.3) is 10.9 Å². The second kappa shape index (κ2) is 5.83. The van der Waals surface area contributed by atoms with Crippen LogP contribution in [-0.4, -0.2) is 39.5 Å². The van der Waals surface area contributed by atoms with E-state index in [4.69, 9.17) is 0 Å². The van der Waals surface area contributed by atoms with Gasteiger partial charge >= 0.3 is 5.97 Å². The molecule has 5 heteroatoms. The number of hydrogen-bond acceptors (Lipinski definition) is 2. The number of likely N-dealkylation sites (tertiary alicyclic amines) is 1. The molecule has 1 aromatic heterocycles. The van der Waals surface area contributed by atoms with Crippen molar-refractivity contribution in [2.45, 2.75) is 32.7 Å². The molecule has 0 radical (unpaired) electrons. The molecule has 2 aromatic rings. The summed E-state index contributed by atoms with van der Waals surface area (Å²) in [6, 6.07) is 7.43. The van der Waals surface area contributed by atoms with Gasteiger partial charge in [0.15, 0.2) is 0 Å². The summed E-state index contributed by atoms with van der Waals surface area (Å²) < 4.78 is 1.63. The number of hydrogen-bond donors (Lipinski definition) is 1. The van der Waals surface area contributed by atoms with Crippen LogP contribution in [0.2, 0.25) is 0 Å². The first kappa shape index (κ1) is 14.6. The fourth-order valence-corrected chi connectivity index (χ4v) is 3.09. The number of piperidine rings is 1. The molecule has 0 bridgehead atoms. The summed E-state index contributed by atoms with van der Waals surface area (Å²) in [5, 5.41) is 10.3. The molecule has 1 aliphatic rings. The summed E-state index contributed by atoms with van der Waals surface area (Å²) in [7, 11) is 0. The van der Waals surface area contributed by atoms with E-state index >= 15 is 0 Å². The fourth-order valence-electron chi connectivity index (χ4n) is 3.09. The van der Waals surface area contributed by atoms with Crippen molar-refractivity contribution < 1.29 is 14.7 Å². The van der Waals surface area contributed by atoms with Crippen LogP contribution in [0.5, 0.6) is 0 Å². The predicted octanol–water partition coefficient (Wildman–Crippen LogP) is 2.66. The van der Waals surface area contributed by atoms with Crippen LogP contribution in [0.3, 0.4) is 0 Å². The summed E-state index contributed by atoms with van der Waals surface area (Å²) in [5.41, 5.74) is 2.03. The largest absolute Gasteiger partial charge is 0.477 e. The predicted molar refractivity (Wildman–Crippen MR) is 84.1 cm³/mol. The number of carbonyl (C=O) groups excluding carboxylic acids is 1. The smallest absolute Gasteiger partial charge is 0.352 e. The van der Waals surface area contributed by atoms with Gasteiger partial charge in [-0.1, -0.05) is 12.1 Å². The van der Waals surface area contributed by atoms with Crippen LogP contribution >= 0.6 is 0 Å². The Balaban J connectivity index is 1.97. The van der Waals surface area contributed by atoms with E-state index in [0.717, 1.165) is 48.8 Å². The van der Waals surface area contributed by atoms with Gasteiger partial charge in [-0.15, -0.1) is 0 Å². The molecule has 3 rings (SSSR count). The molecule has 0 spiro atoms. The van der Waals surface area contributed by atoms with Gasteiger partial charge < -0.3 is 14.6 Å². The summed E-state index contributed by atoms with van der Waals surface area (Å²) in [6.45, 7) is 3.61. The Bertz CT molecular complexity index is 727. The topological polar surface area (TPSA) is 62.5 Å². The third-order valence-electron chi connectivity index (χ3n) is 4.28. The van der Waals surface area contributed by atoms with Crippen molar-refractivity contribution in [1.82, 2.24) is 9.47 Å². The highest BCUT2D eigenvalue weighted by molar-refractivity contribution is 5.96. The number of fused-ring (bicyclic) bond motifs is 1. The molecular formula is C17H20N2O3. The standard InChI is InChI=1S/C17H20N2O3/c1-12-5-6-13-10-15(17(21)22)19(14(13)9-12)11-16(20)18-7-3-2-4-8-18/h5-6,9-10H,2-4,7-8,11H2,1H3,(H,21,22). The number of rotatable bonds is 3. The van der Waals surface area contributed by atoms with Crippen molar-refractivity contribution >= 4 is 22.8 Å². The number of aromatic carboxylic acids is 1. The Kier molecular flexibility index (Phi) is 3.88. The molecule has 1 amide bonds. The third-order valence-corrected chi connectivity index (χ3v) is 4.28. The minimum Gasteiger partial charge on any atom is -0.477 e. The van der Waals surface area contributed by atoms with Crippen LogP contribution in [0.1, 0.15) is 35.3 Å². The van der Waals surface area contributed by atoms with Gasteiger partial charge in [-0.25, -0.2) is 4.79 Å². The Morgan fingerprint density at radius 3 is 2.55 bits per heavy atom. The Morgan fingerprint density at radius 1 is 1.14 bits per heavy atom. The Morgan fingerprint density at radius 2 is 1.86 bits per heavy atom. The lowest BCUT2D eigenvalue weighted by Crippen LogP contribution is -2.38. The van der Waals surface area contributed by atoms with Gasteiger partial charge in [0.2, 0.25) is 5.91 Å². The second-order valence-corrected chi connectivity index (χ2v) is 5.92. The molecule has 0 aliphatic carbocycles. The zero-order valence-corrected chi connectivity index (χ0v) is 12.7. The summed E-state index contributed by atoms with van der Waals surface area (Å²) in [5.74, 6) is -0.999. The van der Waals surface area contributed by atoms with Crippen molar-refractivity contribution in [2.24, 2.45) is 0 Å². The van der Waals surface area contributed by atoms with Crippen LogP contribution < -0.4 is 0 Å². The molecule has 1 aromatic carbocycles. The van der Waals surface area contributed by atoms with Crippen molar-refractivity contribution in [1.29, 1.82) is 0 Å². The minimum atomic E-state index is -1.000. The normalized spacial score (nSPS) is 15.2. The molecule has 116 valence electrons. The number of carbonyl (C=O) groups is 2. The molecular weight excluding hydrogens is 280 g/mol. The zero-order valence-electron chi connectivity index (χ0n) is 12.7. The van der Waals surface area contributed by atoms with Crippen molar-refractivity contribution in [3.8, 4) is 0 Å². The van der Waals surface area contributed by atoms with E-state index in [1.807, 2.05) is 30.0 Å². The highest BCUT2D eigenvalue weighted by Gasteiger charge is 2.21. The van der Waals surface area contributed by atoms with Crippen molar-refractivity contribution in [3.05, 3.63) is 35.5 Å². The monoisotopic (exact) mass is 300 g/mol. The number of aromatic nitrogens is 1. The van der Waals surface area contributed by atoms with Gasteiger partial charge in [0.25, 0.3) is 0 Å². The van der Waals surface area contributed by atoms with E-state index in [2.05, 4.69) is 0 Å². The van der Waals surface area contributed by atoms with Crippen LogP contribution in [0.15, 0.2) is 24.3 Å². The molecule has 2 heterocycles. The van der Waals surface area contributed by atoms with E-state index in [1.165, 1.54) is 0 Å². The van der Waals surface area contributed by atoms with Crippen LogP contribution in [-0.2, 0) is 11.3 Å².